The van der Waals surface area contributed by atoms with Gasteiger partial charge in [0.1, 0.15) is 17.7 Å². The van der Waals surface area contributed by atoms with Crippen molar-refractivity contribution >= 4 is 16.0 Å². The summed E-state index contributed by atoms with van der Waals surface area (Å²) >= 11 is 0. The fourth-order valence-electron chi connectivity index (χ4n) is 2.91. The molecule has 3 rings (SSSR count). The van der Waals surface area contributed by atoms with Crippen LogP contribution >= 0.6 is 0 Å². The van der Waals surface area contributed by atoms with E-state index in [4.69, 9.17) is 0 Å². The number of sulfonamides is 1. The summed E-state index contributed by atoms with van der Waals surface area (Å²) in [5.74, 6) is 0.0955. The molecule has 9 heteroatoms. The van der Waals surface area contributed by atoms with Gasteiger partial charge in [-0.1, -0.05) is 26.0 Å². The molecule has 0 spiro atoms. The maximum atomic E-state index is 13.0. The minimum Gasteiger partial charge on any atom is -0.480 e. The number of fused-ring (bicyclic) bond motifs is 1. The number of carboxylic acid groups (broad SMARTS) is 1. The van der Waals surface area contributed by atoms with Crippen LogP contribution in [0.1, 0.15) is 37.0 Å². The van der Waals surface area contributed by atoms with Crippen LogP contribution in [0.2, 0.25) is 0 Å². The molecular weight excluding hydrogens is 344 g/mol. The van der Waals surface area contributed by atoms with Crippen molar-refractivity contribution in [1.29, 1.82) is 0 Å². The minimum atomic E-state index is -3.96. The smallest absolute Gasteiger partial charge is 0.323 e. The summed E-state index contributed by atoms with van der Waals surface area (Å²) in [6, 6.07) is 5.35. The molecule has 0 saturated carbocycles. The standard InChI is InChI=1S/C16H20N4O4S/c1-10(2)12-4-6-13(7-5-12)25(23,24)20-9-15-18-17-11(3)19(15)8-14(20)16(21)22/h4-7,10,14H,8-9H2,1-3H3,(H,21,22). The summed E-state index contributed by atoms with van der Waals surface area (Å²) < 4.78 is 28.6. The molecule has 1 aromatic carbocycles. The lowest BCUT2D eigenvalue weighted by molar-refractivity contribution is -0.142. The second-order valence-corrected chi connectivity index (χ2v) is 8.29. The van der Waals surface area contributed by atoms with E-state index in [2.05, 4.69) is 10.2 Å². The van der Waals surface area contributed by atoms with Gasteiger partial charge in [-0.15, -0.1) is 10.2 Å². The molecule has 1 unspecified atom stereocenters. The van der Waals surface area contributed by atoms with Crippen LogP contribution in [0.4, 0.5) is 0 Å². The highest BCUT2D eigenvalue weighted by Gasteiger charge is 2.41. The first-order chi connectivity index (χ1) is 11.7. The van der Waals surface area contributed by atoms with Crippen molar-refractivity contribution in [2.24, 2.45) is 0 Å². The quantitative estimate of drug-likeness (QED) is 0.878. The first-order valence-electron chi connectivity index (χ1n) is 7.95. The summed E-state index contributed by atoms with van der Waals surface area (Å²) in [5, 5.41) is 17.4. The second kappa shape index (κ2) is 6.23. The Bertz CT molecular complexity index is 903. The summed E-state index contributed by atoms with van der Waals surface area (Å²) in [6.07, 6.45) is 0. The van der Waals surface area contributed by atoms with Gasteiger partial charge in [0, 0.05) is 0 Å². The summed E-state index contributed by atoms with van der Waals surface area (Å²) in [6.45, 7) is 5.62. The Kier molecular flexibility index (Phi) is 4.38. The number of benzene rings is 1. The van der Waals surface area contributed by atoms with Crippen LogP contribution in [-0.2, 0) is 27.9 Å². The number of hydrogen-bond donors (Lipinski definition) is 1. The van der Waals surface area contributed by atoms with E-state index in [-0.39, 0.29) is 23.9 Å². The van der Waals surface area contributed by atoms with Crippen molar-refractivity contribution in [3.05, 3.63) is 41.5 Å². The normalized spacial score (nSPS) is 18.3. The predicted octanol–water partition coefficient (Wildman–Crippen LogP) is 1.37. The lowest BCUT2D eigenvalue weighted by Gasteiger charge is -2.32. The van der Waals surface area contributed by atoms with Gasteiger partial charge in [0.05, 0.1) is 18.0 Å². The number of aryl methyl sites for hydroxylation is 1. The Labute approximate surface area is 146 Å². The third kappa shape index (κ3) is 3.05. The SMILES string of the molecule is Cc1nnc2n1CC(C(=O)O)N(S(=O)(=O)c1ccc(C(C)C)cc1)C2. The molecule has 1 N–H and O–H groups in total. The fourth-order valence-corrected chi connectivity index (χ4v) is 4.43. The van der Waals surface area contributed by atoms with Gasteiger partial charge in [-0.05, 0) is 30.5 Å². The van der Waals surface area contributed by atoms with E-state index in [1.807, 2.05) is 13.8 Å². The van der Waals surface area contributed by atoms with E-state index in [0.29, 0.717) is 11.6 Å². The average molecular weight is 364 g/mol. The topological polar surface area (TPSA) is 105 Å². The molecule has 0 bridgehead atoms. The second-order valence-electron chi connectivity index (χ2n) is 6.40. The number of rotatable bonds is 4. The number of carboxylic acids is 1. The van der Waals surface area contributed by atoms with Gasteiger partial charge in [-0.3, -0.25) is 4.79 Å². The molecule has 1 atom stereocenters. The maximum Gasteiger partial charge on any atom is 0.323 e. The Morgan fingerprint density at radius 3 is 2.44 bits per heavy atom. The van der Waals surface area contributed by atoms with E-state index in [1.165, 1.54) is 12.1 Å². The third-order valence-electron chi connectivity index (χ3n) is 4.45. The zero-order valence-electron chi connectivity index (χ0n) is 14.2. The van der Waals surface area contributed by atoms with Crippen molar-refractivity contribution in [3.63, 3.8) is 0 Å². The molecule has 2 heterocycles. The zero-order chi connectivity index (χ0) is 18.4. The Hall–Kier alpha value is -2.26. The van der Waals surface area contributed by atoms with E-state index in [0.717, 1.165) is 9.87 Å². The molecule has 0 aliphatic carbocycles. The molecule has 25 heavy (non-hydrogen) atoms. The number of nitrogens with zero attached hydrogens (tertiary/aromatic N) is 4. The van der Waals surface area contributed by atoms with Crippen molar-refractivity contribution in [3.8, 4) is 0 Å². The maximum absolute atomic E-state index is 13.0. The summed E-state index contributed by atoms with van der Waals surface area (Å²) in [4.78, 5) is 11.7. The Balaban J connectivity index is 2.01. The van der Waals surface area contributed by atoms with Crippen LogP contribution in [0.5, 0.6) is 0 Å². The molecule has 1 aliphatic rings. The highest BCUT2D eigenvalue weighted by atomic mass is 32.2. The first kappa shape index (κ1) is 17.6. The number of hydrogen-bond acceptors (Lipinski definition) is 5. The van der Waals surface area contributed by atoms with Gasteiger partial charge in [-0.25, -0.2) is 8.42 Å². The molecule has 0 amide bonds. The third-order valence-corrected chi connectivity index (χ3v) is 6.32. The molecule has 0 fully saturated rings. The largest absolute Gasteiger partial charge is 0.480 e. The monoisotopic (exact) mass is 364 g/mol. The van der Waals surface area contributed by atoms with Crippen molar-refractivity contribution in [2.75, 3.05) is 0 Å². The Morgan fingerprint density at radius 1 is 1.24 bits per heavy atom. The van der Waals surface area contributed by atoms with E-state index in [9.17, 15) is 18.3 Å². The van der Waals surface area contributed by atoms with E-state index < -0.39 is 22.0 Å². The molecule has 134 valence electrons. The lowest BCUT2D eigenvalue weighted by atomic mass is 10.0. The van der Waals surface area contributed by atoms with Gasteiger partial charge >= 0.3 is 5.97 Å². The van der Waals surface area contributed by atoms with Gasteiger partial charge in [-0.2, -0.15) is 4.31 Å². The Morgan fingerprint density at radius 2 is 1.88 bits per heavy atom. The molecule has 0 saturated heterocycles. The average Bonchev–Trinajstić information content (AvgIpc) is 2.94. The van der Waals surface area contributed by atoms with Gasteiger partial charge in [0.25, 0.3) is 0 Å². The number of aromatic nitrogens is 3. The predicted molar refractivity (Wildman–Crippen MR) is 89.4 cm³/mol. The highest BCUT2D eigenvalue weighted by molar-refractivity contribution is 7.89. The molecule has 1 aliphatic heterocycles. The highest BCUT2D eigenvalue weighted by Crippen LogP contribution is 2.27. The molecular formula is C16H20N4O4S. The van der Waals surface area contributed by atoms with Crippen LogP contribution in [0.25, 0.3) is 0 Å². The van der Waals surface area contributed by atoms with Crippen molar-refractivity contribution in [1.82, 2.24) is 19.1 Å². The molecule has 0 radical (unpaired) electrons. The van der Waals surface area contributed by atoms with Crippen LogP contribution in [-0.4, -0.2) is 44.6 Å². The summed E-state index contributed by atoms with van der Waals surface area (Å²) in [7, 11) is -3.96. The van der Waals surface area contributed by atoms with Gasteiger partial charge in [0.2, 0.25) is 10.0 Å². The van der Waals surface area contributed by atoms with Crippen molar-refractivity contribution in [2.45, 2.75) is 50.7 Å². The number of aliphatic carboxylic acids is 1. The molecule has 1 aromatic heterocycles. The van der Waals surface area contributed by atoms with E-state index >= 15 is 0 Å². The van der Waals surface area contributed by atoms with Crippen LogP contribution < -0.4 is 0 Å². The fraction of sp³-hybridized carbons (Fsp3) is 0.438. The van der Waals surface area contributed by atoms with Crippen LogP contribution in [0.3, 0.4) is 0 Å². The van der Waals surface area contributed by atoms with Crippen LogP contribution in [0, 0.1) is 6.92 Å². The van der Waals surface area contributed by atoms with Gasteiger partial charge < -0.3 is 9.67 Å². The van der Waals surface area contributed by atoms with Gasteiger partial charge in [0.15, 0.2) is 0 Å². The van der Waals surface area contributed by atoms with Crippen molar-refractivity contribution < 1.29 is 18.3 Å². The first-order valence-corrected chi connectivity index (χ1v) is 9.39. The molecule has 8 nitrogen and oxygen atoms in total. The lowest BCUT2D eigenvalue weighted by Crippen LogP contribution is -2.50. The van der Waals surface area contributed by atoms with Crippen LogP contribution in [0.15, 0.2) is 29.2 Å². The zero-order valence-corrected chi connectivity index (χ0v) is 15.1. The summed E-state index contributed by atoms with van der Waals surface area (Å²) in [5.41, 5.74) is 1.02. The minimum absolute atomic E-state index is 0.00714. The van der Waals surface area contributed by atoms with E-state index in [1.54, 1.807) is 23.6 Å². The number of carbonyl (C=O) groups is 1. The molecule has 2 aromatic rings.